The van der Waals surface area contributed by atoms with E-state index >= 15 is 0 Å². The maximum Gasteiger partial charge on any atom is 0.431 e. The van der Waals surface area contributed by atoms with Crippen LogP contribution in [0.3, 0.4) is 0 Å². The summed E-state index contributed by atoms with van der Waals surface area (Å²) in [4.78, 5) is 14.8. The zero-order valence-corrected chi connectivity index (χ0v) is 13.9. The zero-order valence-electron chi connectivity index (χ0n) is 13.9. The van der Waals surface area contributed by atoms with Crippen LogP contribution in [0.15, 0.2) is 40.7 Å². The number of carboxylic acid groups (broad SMARTS) is 1. The number of carboxylic acids is 1. The standard InChI is InChI=1S/C17H15F3N4O2/c1-9(2)24-8-10(6-21)12-5-11(3-4-14(12)24)23-7-13(16(25)26)15(22)17(18,19)20/h3-5,7-9H,22H2,1-2H3,(H,25,26). The molecule has 0 aliphatic rings. The topological polar surface area (TPSA) is 104 Å². The average molecular weight is 364 g/mol. The van der Waals surface area contributed by atoms with Crippen molar-refractivity contribution in [2.75, 3.05) is 0 Å². The molecule has 0 aliphatic heterocycles. The third kappa shape index (κ3) is 3.69. The highest BCUT2D eigenvalue weighted by Crippen LogP contribution is 2.29. The van der Waals surface area contributed by atoms with Crippen molar-refractivity contribution >= 4 is 28.8 Å². The van der Waals surface area contributed by atoms with Gasteiger partial charge < -0.3 is 15.4 Å². The second kappa shape index (κ2) is 6.92. The van der Waals surface area contributed by atoms with Gasteiger partial charge in [0.25, 0.3) is 0 Å². The molecule has 0 amide bonds. The Hall–Kier alpha value is -3.28. The summed E-state index contributed by atoms with van der Waals surface area (Å²) in [5.41, 5.74) is 3.32. The lowest BCUT2D eigenvalue weighted by Gasteiger charge is -2.09. The van der Waals surface area contributed by atoms with Crippen molar-refractivity contribution in [1.82, 2.24) is 4.57 Å². The Morgan fingerprint density at radius 2 is 2.08 bits per heavy atom. The Balaban J connectivity index is 2.53. The van der Waals surface area contributed by atoms with E-state index in [4.69, 9.17) is 10.8 Å². The summed E-state index contributed by atoms with van der Waals surface area (Å²) in [6.45, 7) is 3.88. The third-order valence-electron chi connectivity index (χ3n) is 3.66. The van der Waals surface area contributed by atoms with Crippen molar-refractivity contribution in [2.45, 2.75) is 26.1 Å². The molecule has 2 rings (SSSR count). The number of alkyl halides is 3. The molecule has 0 fully saturated rings. The molecule has 9 heteroatoms. The molecule has 0 atom stereocenters. The Morgan fingerprint density at radius 1 is 1.42 bits per heavy atom. The molecular weight excluding hydrogens is 349 g/mol. The van der Waals surface area contributed by atoms with E-state index in [1.807, 2.05) is 24.5 Å². The van der Waals surface area contributed by atoms with Crippen molar-refractivity contribution < 1.29 is 23.1 Å². The van der Waals surface area contributed by atoms with Gasteiger partial charge in [-0.2, -0.15) is 18.4 Å². The molecule has 1 aromatic heterocycles. The summed E-state index contributed by atoms with van der Waals surface area (Å²) in [6, 6.07) is 6.84. The normalized spacial score (nSPS) is 13.3. The summed E-state index contributed by atoms with van der Waals surface area (Å²) in [6.07, 6.45) is -2.75. The first-order valence-corrected chi connectivity index (χ1v) is 7.45. The fraction of sp³-hybridized carbons (Fsp3) is 0.235. The van der Waals surface area contributed by atoms with E-state index in [9.17, 15) is 23.2 Å². The smallest absolute Gasteiger partial charge is 0.431 e. The predicted molar refractivity (Wildman–Crippen MR) is 90.1 cm³/mol. The fourth-order valence-electron chi connectivity index (χ4n) is 2.37. The van der Waals surface area contributed by atoms with E-state index in [0.29, 0.717) is 17.2 Å². The largest absolute Gasteiger partial charge is 0.478 e. The van der Waals surface area contributed by atoms with E-state index in [0.717, 1.165) is 5.52 Å². The molecule has 0 unspecified atom stereocenters. The number of nitrogens with two attached hydrogens (primary N) is 1. The SMILES string of the molecule is CC(C)n1cc(C#N)c2cc(N=CC(C(=O)O)=C(N)C(F)(F)F)ccc21. The highest BCUT2D eigenvalue weighted by Gasteiger charge is 2.35. The molecule has 1 aromatic carbocycles. The van der Waals surface area contributed by atoms with E-state index in [1.54, 1.807) is 12.3 Å². The van der Waals surface area contributed by atoms with Crippen LogP contribution in [-0.4, -0.2) is 28.0 Å². The Labute approximate surface area is 146 Å². The minimum absolute atomic E-state index is 0.0991. The van der Waals surface area contributed by atoms with Crippen LogP contribution in [0.5, 0.6) is 0 Å². The molecule has 6 nitrogen and oxygen atoms in total. The number of allylic oxidation sites excluding steroid dienone is 1. The first-order chi connectivity index (χ1) is 12.1. The van der Waals surface area contributed by atoms with Gasteiger partial charge in [-0.3, -0.25) is 4.99 Å². The zero-order chi connectivity index (χ0) is 19.6. The van der Waals surface area contributed by atoms with E-state index in [-0.39, 0.29) is 11.7 Å². The van der Waals surface area contributed by atoms with Crippen LogP contribution in [0.25, 0.3) is 10.9 Å². The Morgan fingerprint density at radius 3 is 2.58 bits per heavy atom. The van der Waals surface area contributed by atoms with Crippen LogP contribution in [0.1, 0.15) is 25.5 Å². The molecule has 26 heavy (non-hydrogen) atoms. The number of rotatable bonds is 4. The van der Waals surface area contributed by atoms with Gasteiger partial charge in [-0.05, 0) is 32.0 Å². The molecule has 0 saturated carbocycles. The monoisotopic (exact) mass is 364 g/mol. The summed E-state index contributed by atoms with van der Waals surface area (Å²) in [5, 5.41) is 18.7. The van der Waals surface area contributed by atoms with Gasteiger partial charge in [-0.15, -0.1) is 0 Å². The number of aliphatic imine (C=N–C) groups is 1. The van der Waals surface area contributed by atoms with Crippen LogP contribution in [0.4, 0.5) is 18.9 Å². The lowest BCUT2D eigenvalue weighted by molar-refractivity contribution is -0.133. The number of benzene rings is 1. The van der Waals surface area contributed by atoms with E-state index in [1.165, 1.54) is 12.1 Å². The number of hydrogen-bond donors (Lipinski definition) is 2. The number of nitrogens with zero attached hydrogens (tertiary/aromatic N) is 3. The molecule has 0 bridgehead atoms. The van der Waals surface area contributed by atoms with Gasteiger partial charge >= 0.3 is 12.1 Å². The number of nitriles is 1. The molecule has 1 heterocycles. The van der Waals surface area contributed by atoms with Crippen LogP contribution in [-0.2, 0) is 4.79 Å². The van der Waals surface area contributed by atoms with E-state index < -0.39 is 23.4 Å². The van der Waals surface area contributed by atoms with Gasteiger partial charge in [0.2, 0.25) is 0 Å². The van der Waals surface area contributed by atoms with Crippen molar-refractivity contribution in [2.24, 2.45) is 10.7 Å². The van der Waals surface area contributed by atoms with Crippen molar-refractivity contribution in [1.29, 1.82) is 5.26 Å². The first-order valence-electron chi connectivity index (χ1n) is 7.45. The fourth-order valence-corrected chi connectivity index (χ4v) is 2.37. The summed E-state index contributed by atoms with van der Waals surface area (Å²) in [5.74, 6) is -1.84. The summed E-state index contributed by atoms with van der Waals surface area (Å²) >= 11 is 0. The molecule has 0 saturated heterocycles. The molecule has 2 aromatic rings. The minimum Gasteiger partial charge on any atom is -0.478 e. The number of carbonyl (C=O) groups is 1. The first kappa shape index (κ1) is 19.1. The number of aromatic nitrogens is 1. The lowest BCUT2D eigenvalue weighted by atomic mass is 10.1. The predicted octanol–water partition coefficient (Wildman–Crippen LogP) is 3.66. The second-order valence-electron chi connectivity index (χ2n) is 5.75. The van der Waals surface area contributed by atoms with Crippen LogP contribution in [0.2, 0.25) is 0 Å². The van der Waals surface area contributed by atoms with E-state index in [2.05, 4.69) is 4.99 Å². The summed E-state index contributed by atoms with van der Waals surface area (Å²) < 4.78 is 39.8. The average Bonchev–Trinajstić information content (AvgIpc) is 2.92. The quantitative estimate of drug-likeness (QED) is 0.638. The highest BCUT2D eigenvalue weighted by atomic mass is 19.4. The van der Waals surface area contributed by atoms with Crippen molar-refractivity contribution in [3.8, 4) is 6.07 Å². The molecule has 0 spiro atoms. The number of halogens is 3. The van der Waals surface area contributed by atoms with Gasteiger partial charge in [0.05, 0.1) is 11.3 Å². The molecule has 136 valence electrons. The molecular formula is C17H15F3N4O2. The van der Waals surface area contributed by atoms with Crippen molar-refractivity contribution in [3.63, 3.8) is 0 Å². The van der Waals surface area contributed by atoms with Crippen LogP contribution >= 0.6 is 0 Å². The van der Waals surface area contributed by atoms with Gasteiger partial charge in [-0.1, -0.05) is 0 Å². The van der Waals surface area contributed by atoms with Gasteiger partial charge in [0.1, 0.15) is 17.3 Å². The second-order valence-corrected chi connectivity index (χ2v) is 5.75. The molecule has 3 N–H and O–H groups in total. The maximum atomic E-state index is 12.6. The minimum atomic E-state index is -4.98. The molecule has 0 aliphatic carbocycles. The van der Waals surface area contributed by atoms with Crippen LogP contribution < -0.4 is 5.73 Å². The Kier molecular flexibility index (Phi) is 5.07. The maximum absolute atomic E-state index is 12.6. The molecule has 0 radical (unpaired) electrons. The number of aliphatic carboxylic acids is 1. The summed E-state index contributed by atoms with van der Waals surface area (Å²) in [7, 11) is 0. The third-order valence-corrected chi connectivity index (χ3v) is 3.66. The van der Waals surface area contributed by atoms with Gasteiger partial charge in [0, 0.05) is 29.4 Å². The Bertz CT molecular complexity index is 963. The lowest BCUT2D eigenvalue weighted by Crippen LogP contribution is -2.25. The number of fused-ring (bicyclic) bond motifs is 1. The van der Waals surface area contributed by atoms with Crippen molar-refractivity contribution in [3.05, 3.63) is 41.2 Å². The highest BCUT2D eigenvalue weighted by molar-refractivity contribution is 6.10. The van der Waals surface area contributed by atoms with Gasteiger partial charge in [0.15, 0.2) is 0 Å². The van der Waals surface area contributed by atoms with Crippen LogP contribution in [0, 0.1) is 11.3 Å². The van der Waals surface area contributed by atoms with Gasteiger partial charge in [-0.25, -0.2) is 4.79 Å². The number of hydrogen-bond acceptors (Lipinski definition) is 4.